The van der Waals surface area contributed by atoms with E-state index in [0.29, 0.717) is 19.8 Å². The van der Waals surface area contributed by atoms with Gasteiger partial charge in [0.25, 0.3) is 16.0 Å². The lowest BCUT2D eigenvalue weighted by atomic mass is 9.83. The molecule has 0 saturated carbocycles. The maximum absolute atomic E-state index is 15.6. The lowest BCUT2D eigenvalue weighted by molar-refractivity contribution is -0.0743. The molecular formula is C17H33F2NO5S2. The first-order valence-electron chi connectivity index (χ1n) is 9.03. The summed E-state index contributed by atoms with van der Waals surface area (Å²) in [5.74, 6) is -4.26. The first-order chi connectivity index (χ1) is 11.6. The van der Waals surface area contributed by atoms with E-state index >= 15 is 8.78 Å². The normalized spacial score (nSPS) is 24.4. The van der Waals surface area contributed by atoms with Crippen LogP contribution in [0.1, 0.15) is 81.1 Å². The summed E-state index contributed by atoms with van der Waals surface area (Å²) in [4.78, 5) is 0. The standard InChI is InChI=1S/C17H33F2NO5S2/c1-9-16(8,27(23,24)25)17(18,19)15(6,7)26(21,22)20-13(2,3)11-10-12-14(20,4)5/h9-12H2,1-8H3,(H,23,24,25). The van der Waals surface area contributed by atoms with Crippen molar-refractivity contribution in [2.45, 2.75) is 108 Å². The van der Waals surface area contributed by atoms with Crippen molar-refractivity contribution in [3.05, 3.63) is 0 Å². The van der Waals surface area contributed by atoms with Gasteiger partial charge >= 0.3 is 0 Å². The molecule has 1 unspecified atom stereocenters. The Balaban J connectivity index is 3.74. The van der Waals surface area contributed by atoms with Gasteiger partial charge in [-0.3, -0.25) is 4.55 Å². The van der Waals surface area contributed by atoms with Gasteiger partial charge in [-0.15, -0.1) is 0 Å². The minimum atomic E-state index is -5.24. The molecule has 0 aromatic heterocycles. The first kappa shape index (κ1) is 24.7. The van der Waals surface area contributed by atoms with E-state index in [1.807, 2.05) is 0 Å². The molecule has 10 heteroatoms. The van der Waals surface area contributed by atoms with Crippen LogP contribution in [0, 0.1) is 0 Å². The quantitative estimate of drug-likeness (QED) is 0.643. The molecule has 0 amide bonds. The second-order valence-corrected chi connectivity index (χ2v) is 13.6. The number of halogens is 2. The lowest BCUT2D eigenvalue weighted by Gasteiger charge is -2.55. The second-order valence-electron chi connectivity index (χ2n) is 9.39. The lowest BCUT2D eigenvalue weighted by Crippen LogP contribution is -2.71. The van der Waals surface area contributed by atoms with Gasteiger partial charge in [-0.05, 0) is 74.1 Å². The third-order valence-electron chi connectivity index (χ3n) is 6.23. The molecule has 1 N–H and O–H groups in total. The molecule has 0 spiro atoms. The van der Waals surface area contributed by atoms with Crippen molar-refractivity contribution >= 4 is 20.1 Å². The van der Waals surface area contributed by atoms with Gasteiger partial charge in [-0.2, -0.15) is 12.7 Å². The Bertz CT molecular complexity index is 772. The fourth-order valence-electron chi connectivity index (χ4n) is 4.22. The molecule has 27 heavy (non-hydrogen) atoms. The molecule has 0 aliphatic carbocycles. The van der Waals surface area contributed by atoms with Crippen LogP contribution >= 0.6 is 0 Å². The molecule has 1 rings (SSSR count). The highest BCUT2D eigenvalue weighted by Crippen LogP contribution is 2.52. The summed E-state index contributed by atoms with van der Waals surface area (Å²) in [7, 11) is -9.92. The van der Waals surface area contributed by atoms with Gasteiger partial charge in [-0.25, -0.2) is 17.2 Å². The van der Waals surface area contributed by atoms with Crippen LogP contribution in [0.2, 0.25) is 0 Å². The number of hydrogen-bond acceptors (Lipinski definition) is 4. The third-order valence-corrected chi connectivity index (χ3v) is 10.9. The molecule has 1 saturated heterocycles. The van der Waals surface area contributed by atoms with Crippen molar-refractivity contribution in [2.75, 3.05) is 0 Å². The second kappa shape index (κ2) is 6.60. The Hall–Kier alpha value is -0.320. The van der Waals surface area contributed by atoms with E-state index in [9.17, 15) is 21.4 Å². The molecule has 1 atom stereocenters. The van der Waals surface area contributed by atoms with Gasteiger partial charge in [-0.1, -0.05) is 6.92 Å². The van der Waals surface area contributed by atoms with Crippen LogP contribution in [0.25, 0.3) is 0 Å². The number of hydrogen-bond donors (Lipinski definition) is 1. The van der Waals surface area contributed by atoms with Crippen molar-refractivity contribution < 1.29 is 30.2 Å². The van der Waals surface area contributed by atoms with Crippen molar-refractivity contribution in [3.8, 4) is 0 Å². The summed E-state index contributed by atoms with van der Waals surface area (Å²) in [5.41, 5.74) is -1.82. The zero-order chi connectivity index (χ0) is 21.9. The smallest absolute Gasteiger partial charge is 0.285 e. The van der Waals surface area contributed by atoms with E-state index in [2.05, 4.69) is 0 Å². The SMILES string of the molecule is CCC(C)(C(F)(F)C(C)(C)S(=O)(=O)N1C(C)(C)CCCC1(C)C)S(=O)(=O)O. The van der Waals surface area contributed by atoms with Crippen molar-refractivity contribution in [3.63, 3.8) is 0 Å². The summed E-state index contributed by atoms with van der Waals surface area (Å²) in [6, 6.07) is 0. The third kappa shape index (κ3) is 3.44. The summed E-state index contributed by atoms with van der Waals surface area (Å²) < 4.78 is 86.7. The maximum atomic E-state index is 15.6. The molecule has 0 aromatic rings. The zero-order valence-corrected chi connectivity index (χ0v) is 19.1. The first-order valence-corrected chi connectivity index (χ1v) is 11.9. The summed E-state index contributed by atoms with van der Waals surface area (Å²) >= 11 is 0. The van der Waals surface area contributed by atoms with Crippen LogP contribution in [-0.2, 0) is 20.1 Å². The summed E-state index contributed by atoms with van der Waals surface area (Å²) in [6.45, 7) is 10.3. The van der Waals surface area contributed by atoms with Crippen LogP contribution in [0.5, 0.6) is 0 Å². The molecule has 1 aliphatic rings. The topological polar surface area (TPSA) is 91.8 Å². The van der Waals surface area contributed by atoms with E-state index < -0.39 is 53.1 Å². The molecule has 0 aromatic carbocycles. The van der Waals surface area contributed by atoms with Crippen LogP contribution in [0.15, 0.2) is 0 Å². The summed E-state index contributed by atoms with van der Waals surface area (Å²) in [6.07, 6.45) is 1.10. The average Bonchev–Trinajstić information content (AvgIpc) is 2.41. The molecule has 0 radical (unpaired) electrons. The molecule has 162 valence electrons. The molecule has 1 fully saturated rings. The number of nitrogens with zero attached hydrogens (tertiary/aromatic N) is 1. The van der Waals surface area contributed by atoms with E-state index in [-0.39, 0.29) is 0 Å². The maximum Gasteiger partial charge on any atom is 0.289 e. The number of sulfonamides is 1. The Labute approximate surface area is 162 Å². The highest BCUT2D eigenvalue weighted by Gasteiger charge is 2.71. The van der Waals surface area contributed by atoms with Crippen molar-refractivity contribution in [1.29, 1.82) is 0 Å². The highest BCUT2D eigenvalue weighted by molar-refractivity contribution is 7.91. The van der Waals surface area contributed by atoms with Crippen LogP contribution < -0.4 is 0 Å². The van der Waals surface area contributed by atoms with E-state index in [1.165, 1.54) is 6.92 Å². The molecule has 6 nitrogen and oxygen atoms in total. The van der Waals surface area contributed by atoms with E-state index in [0.717, 1.165) is 24.6 Å². The average molecular weight is 434 g/mol. The van der Waals surface area contributed by atoms with Gasteiger partial charge in [0.1, 0.15) is 4.75 Å². The van der Waals surface area contributed by atoms with Gasteiger partial charge in [0, 0.05) is 11.1 Å². The molecule has 1 aliphatic heterocycles. The number of alkyl halides is 2. The van der Waals surface area contributed by atoms with E-state index in [4.69, 9.17) is 0 Å². The largest absolute Gasteiger partial charge is 0.289 e. The monoisotopic (exact) mass is 433 g/mol. The van der Waals surface area contributed by atoms with Crippen LogP contribution in [0.3, 0.4) is 0 Å². The zero-order valence-electron chi connectivity index (χ0n) is 17.4. The van der Waals surface area contributed by atoms with Gasteiger partial charge in [0.15, 0.2) is 4.75 Å². The van der Waals surface area contributed by atoms with Gasteiger partial charge in [0.05, 0.1) is 0 Å². The number of piperidine rings is 1. The fraction of sp³-hybridized carbons (Fsp3) is 1.00. The van der Waals surface area contributed by atoms with Crippen LogP contribution in [0.4, 0.5) is 8.78 Å². The van der Waals surface area contributed by atoms with Crippen molar-refractivity contribution in [2.24, 2.45) is 0 Å². The van der Waals surface area contributed by atoms with Crippen LogP contribution in [-0.4, -0.2) is 52.2 Å². The Morgan fingerprint density at radius 2 is 1.33 bits per heavy atom. The minimum Gasteiger partial charge on any atom is -0.285 e. The fourth-order valence-corrected chi connectivity index (χ4v) is 7.72. The Morgan fingerprint density at radius 3 is 1.63 bits per heavy atom. The molecule has 0 bridgehead atoms. The highest BCUT2D eigenvalue weighted by atomic mass is 32.2. The van der Waals surface area contributed by atoms with E-state index in [1.54, 1.807) is 27.7 Å². The Morgan fingerprint density at radius 1 is 0.963 bits per heavy atom. The number of rotatable bonds is 6. The Kier molecular flexibility index (Phi) is 6.04. The predicted molar refractivity (Wildman–Crippen MR) is 102 cm³/mol. The summed E-state index contributed by atoms with van der Waals surface area (Å²) in [5, 5.41) is 0. The van der Waals surface area contributed by atoms with Gasteiger partial charge in [0.2, 0.25) is 10.0 Å². The molecular weight excluding hydrogens is 400 g/mol. The minimum absolute atomic E-state index is 0.501. The van der Waals surface area contributed by atoms with Gasteiger partial charge < -0.3 is 0 Å². The molecule has 1 heterocycles. The van der Waals surface area contributed by atoms with Crippen molar-refractivity contribution in [1.82, 2.24) is 4.31 Å². The predicted octanol–water partition coefficient (Wildman–Crippen LogP) is 3.83.